The van der Waals surface area contributed by atoms with Crippen LogP contribution in [0.2, 0.25) is 5.02 Å². The van der Waals surface area contributed by atoms with Crippen LogP contribution in [0.15, 0.2) is 36.4 Å². The van der Waals surface area contributed by atoms with Crippen molar-refractivity contribution < 1.29 is 24.2 Å². The summed E-state index contributed by atoms with van der Waals surface area (Å²) in [4.78, 5) is 23.8. The Hall–Kier alpha value is -2.73. The minimum atomic E-state index is -1.16. The summed E-state index contributed by atoms with van der Waals surface area (Å²) in [5.41, 5.74) is 0.383. The lowest BCUT2D eigenvalue weighted by Gasteiger charge is -2.13. The largest absolute Gasteiger partial charge is 0.490 e. The second-order valence-corrected chi connectivity index (χ2v) is 5.41. The van der Waals surface area contributed by atoms with Gasteiger partial charge in [-0.2, -0.15) is 0 Å². The second kappa shape index (κ2) is 8.39. The second-order valence-electron chi connectivity index (χ2n) is 4.98. The topological polar surface area (TPSA) is 84.9 Å². The molecule has 0 aliphatic carbocycles. The number of carboxylic acid groups (broad SMARTS) is 1. The first-order valence-corrected chi connectivity index (χ1v) is 8.07. The molecule has 0 radical (unpaired) electrons. The molecule has 0 unspecified atom stereocenters. The fourth-order valence-electron chi connectivity index (χ4n) is 2.19. The Balaban J connectivity index is 2.31. The van der Waals surface area contributed by atoms with Crippen LogP contribution in [0.5, 0.6) is 11.5 Å². The molecule has 0 aromatic heterocycles. The number of benzene rings is 2. The summed E-state index contributed by atoms with van der Waals surface area (Å²) < 4.78 is 10.9. The molecule has 7 heteroatoms. The maximum absolute atomic E-state index is 12.5. The molecule has 0 aliphatic heterocycles. The van der Waals surface area contributed by atoms with Crippen molar-refractivity contribution >= 4 is 29.2 Å². The lowest BCUT2D eigenvalue weighted by Crippen LogP contribution is -2.15. The third kappa shape index (κ3) is 4.64. The van der Waals surface area contributed by atoms with E-state index in [1.807, 2.05) is 13.8 Å². The number of ether oxygens (including phenoxy) is 2. The van der Waals surface area contributed by atoms with Gasteiger partial charge in [-0.15, -0.1) is 0 Å². The average Bonchev–Trinajstić information content (AvgIpc) is 2.56. The van der Waals surface area contributed by atoms with Crippen LogP contribution in [-0.2, 0) is 0 Å². The first-order chi connectivity index (χ1) is 12.0. The van der Waals surface area contributed by atoms with E-state index in [1.165, 1.54) is 18.2 Å². The highest BCUT2D eigenvalue weighted by atomic mass is 35.5. The van der Waals surface area contributed by atoms with E-state index in [-0.39, 0.29) is 11.3 Å². The van der Waals surface area contributed by atoms with Crippen LogP contribution < -0.4 is 14.8 Å². The molecule has 0 atom stereocenters. The summed E-state index contributed by atoms with van der Waals surface area (Å²) in [6.07, 6.45) is 0. The van der Waals surface area contributed by atoms with Crippen molar-refractivity contribution in [2.45, 2.75) is 13.8 Å². The number of carboxylic acids is 1. The quantitative estimate of drug-likeness (QED) is 0.774. The molecule has 0 spiro atoms. The molecule has 0 saturated heterocycles. The van der Waals surface area contributed by atoms with Gasteiger partial charge in [-0.3, -0.25) is 4.79 Å². The molecule has 2 aromatic rings. The number of anilines is 1. The summed E-state index contributed by atoms with van der Waals surface area (Å²) >= 11 is 5.89. The van der Waals surface area contributed by atoms with Gasteiger partial charge in [0.15, 0.2) is 11.5 Å². The van der Waals surface area contributed by atoms with E-state index in [0.717, 1.165) is 0 Å². The lowest BCUT2D eigenvalue weighted by atomic mass is 10.1. The molecule has 25 heavy (non-hydrogen) atoms. The predicted octanol–water partition coefficient (Wildman–Crippen LogP) is 4.09. The minimum absolute atomic E-state index is 0.0475. The fourth-order valence-corrected chi connectivity index (χ4v) is 2.37. The monoisotopic (exact) mass is 363 g/mol. The summed E-state index contributed by atoms with van der Waals surface area (Å²) in [5, 5.41) is 12.1. The SMILES string of the molecule is CCOc1ccc(C(=O)Nc2cc(Cl)ccc2C(=O)O)cc1OCC. The van der Waals surface area contributed by atoms with E-state index >= 15 is 0 Å². The highest BCUT2D eigenvalue weighted by molar-refractivity contribution is 6.31. The molecule has 6 nitrogen and oxygen atoms in total. The molecule has 0 bridgehead atoms. The van der Waals surface area contributed by atoms with Crippen molar-refractivity contribution in [3.8, 4) is 11.5 Å². The van der Waals surface area contributed by atoms with E-state index in [4.69, 9.17) is 21.1 Å². The zero-order valence-corrected chi connectivity index (χ0v) is 14.6. The van der Waals surface area contributed by atoms with Gasteiger partial charge in [0.2, 0.25) is 0 Å². The van der Waals surface area contributed by atoms with Crippen LogP contribution in [0.1, 0.15) is 34.6 Å². The van der Waals surface area contributed by atoms with Crippen LogP contribution in [0.3, 0.4) is 0 Å². The Labute approximate surface area is 150 Å². The van der Waals surface area contributed by atoms with Crippen molar-refractivity contribution in [2.24, 2.45) is 0 Å². The zero-order valence-electron chi connectivity index (χ0n) is 13.8. The summed E-state index contributed by atoms with van der Waals surface area (Å²) in [5.74, 6) is -0.654. The van der Waals surface area contributed by atoms with Gasteiger partial charge in [-0.1, -0.05) is 11.6 Å². The molecule has 0 aliphatic rings. The Morgan fingerprint density at radius 2 is 1.72 bits per heavy atom. The van der Waals surface area contributed by atoms with E-state index in [2.05, 4.69) is 5.32 Å². The number of hydrogen-bond acceptors (Lipinski definition) is 4. The molecule has 0 fully saturated rings. The van der Waals surface area contributed by atoms with Gasteiger partial charge in [0.05, 0.1) is 24.5 Å². The fraction of sp³-hybridized carbons (Fsp3) is 0.222. The lowest BCUT2D eigenvalue weighted by molar-refractivity contribution is 0.0698. The Kier molecular flexibility index (Phi) is 6.25. The van der Waals surface area contributed by atoms with Gasteiger partial charge in [0, 0.05) is 10.6 Å². The molecular formula is C18H18ClNO5. The third-order valence-corrected chi connectivity index (χ3v) is 3.50. The molecule has 0 heterocycles. The van der Waals surface area contributed by atoms with Gasteiger partial charge in [0.1, 0.15) is 0 Å². The summed E-state index contributed by atoms with van der Waals surface area (Å²) in [7, 11) is 0. The van der Waals surface area contributed by atoms with E-state index in [9.17, 15) is 14.7 Å². The zero-order chi connectivity index (χ0) is 18.4. The molecule has 132 valence electrons. The van der Waals surface area contributed by atoms with Gasteiger partial charge >= 0.3 is 5.97 Å². The highest BCUT2D eigenvalue weighted by Crippen LogP contribution is 2.29. The van der Waals surface area contributed by atoms with Gasteiger partial charge in [0.25, 0.3) is 5.91 Å². The summed E-state index contributed by atoms with van der Waals surface area (Å²) in [6.45, 7) is 4.56. The van der Waals surface area contributed by atoms with Crippen LogP contribution in [0.25, 0.3) is 0 Å². The molecule has 0 saturated carbocycles. The van der Waals surface area contributed by atoms with Crippen molar-refractivity contribution in [1.82, 2.24) is 0 Å². The standard InChI is InChI=1S/C18H18ClNO5/c1-3-24-15-8-5-11(9-16(15)25-4-2)17(21)20-14-10-12(19)6-7-13(14)18(22)23/h5-10H,3-4H2,1-2H3,(H,20,21)(H,22,23). The maximum Gasteiger partial charge on any atom is 0.337 e. The van der Waals surface area contributed by atoms with Crippen molar-refractivity contribution in [1.29, 1.82) is 0 Å². The van der Waals surface area contributed by atoms with Crippen molar-refractivity contribution in [3.63, 3.8) is 0 Å². The molecular weight excluding hydrogens is 346 g/mol. The molecule has 2 aromatic carbocycles. The smallest absolute Gasteiger partial charge is 0.337 e. The third-order valence-electron chi connectivity index (χ3n) is 3.27. The number of hydrogen-bond donors (Lipinski definition) is 2. The predicted molar refractivity (Wildman–Crippen MR) is 95.1 cm³/mol. The maximum atomic E-state index is 12.5. The summed E-state index contributed by atoms with van der Waals surface area (Å²) in [6, 6.07) is 8.94. The van der Waals surface area contributed by atoms with E-state index < -0.39 is 11.9 Å². The first kappa shape index (κ1) is 18.6. The van der Waals surface area contributed by atoms with Crippen LogP contribution in [-0.4, -0.2) is 30.2 Å². The molecule has 1 amide bonds. The molecule has 2 N–H and O–H groups in total. The number of rotatable bonds is 7. The van der Waals surface area contributed by atoms with E-state index in [1.54, 1.807) is 18.2 Å². The number of carbonyl (C=O) groups excluding carboxylic acids is 1. The van der Waals surface area contributed by atoms with E-state index in [0.29, 0.717) is 35.3 Å². The Morgan fingerprint density at radius 1 is 1.04 bits per heavy atom. The van der Waals surface area contributed by atoms with Gasteiger partial charge in [-0.05, 0) is 50.2 Å². The van der Waals surface area contributed by atoms with Crippen molar-refractivity contribution in [2.75, 3.05) is 18.5 Å². The van der Waals surface area contributed by atoms with Gasteiger partial charge < -0.3 is 19.9 Å². The Morgan fingerprint density at radius 3 is 2.36 bits per heavy atom. The normalized spacial score (nSPS) is 10.2. The first-order valence-electron chi connectivity index (χ1n) is 7.70. The number of carbonyl (C=O) groups is 2. The number of nitrogens with one attached hydrogen (secondary N) is 1. The number of aromatic carboxylic acids is 1. The van der Waals surface area contributed by atoms with Gasteiger partial charge in [-0.25, -0.2) is 4.79 Å². The number of amides is 1. The average molecular weight is 364 g/mol. The Bertz CT molecular complexity index is 791. The van der Waals surface area contributed by atoms with Crippen LogP contribution in [0, 0.1) is 0 Å². The highest BCUT2D eigenvalue weighted by Gasteiger charge is 2.16. The van der Waals surface area contributed by atoms with Crippen molar-refractivity contribution in [3.05, 3.63) is 52.5 Å². The van der Waals surface area contributed by atoms with Crippen LogP contribution in [0.4, 0.5) is 5.69 Å². The minimum Gasteiger partial charge on any atom is -0.490 e. The number of halogens is 1. The van der Waals surface area contributed by atoms with Crippen LogP contribution >= 0.6 is 11.6 Å². The molecule has 2 rings (SSSR count).